The van der Waals surface area contributed by atoms with Crippen molar-refractivity contribution in [2.45, 2.75) is 33.1 Å². The van der Waals surface area contributed by atoms with Crippen molar-refractivity contribution in [2.24, 2.45) is 5.92 Å². The minimum absolute atomic E-state index is 0.112. The van der Waals surface area contributed by atoms with Gasteiger partial charge in [0.1, 0.15) is 5.76 Å². The maximum Gasteiger partial charge on any atom is 0.529 e. The fourth-order valence-electron chi connectivity index (χ4n) is 2.16. The molecule has 0 aromatic heterocycles. The number of phosphoric acid groups is 1. The van der Waals surface area contributed by atoms with Crippen LogP contribution in [-0.2, 0) is 22.9 Å². The lowest BCUT2D eigenvalue weighted by Gasteiger charge is -2.27. The lowest BCUT2D eigenvalue weighted by Crippen LogP contribution is -2.34. The van der Waals surface area contributed by atoms with Gasteiger partial charge in [0, 0.05) is 25.1 Å². The molecule has 0 atom stereocenters. The molecule has 2 fully saturated rings. The first-order chi connectivity index (χ1) is 9.48. The summed E-state index contributed by atoms with van der Waals surface area (Å²) in [4.78, 5) is 13.8. The van der Waals surface area contributed by atoms with Crippen molar-refractivity contribution < 1.29 is 22.9 Å². The summed E-state index contributed by atoms with van der Waals surface area (Å²) in [6, 6.07) is 0. The van der Waals surface area contributed by atoms with Crippen LogP contribution in [0.25, 0.3) is 0 Å². The monoisotopic (exact) mass is 303 g/mol. The van der Waals surface area contributed by atoms with Crippen LogP contribution < -0.4 is 0 Å². The van der Waals surface area contributed by atoms with Gasteiger partial charge in [-0.2, -0.15) is 0 Å². The van der Waals surface area contributed by atoms with E-state index in [-0.39, 0.29) is 17.6 Å². The van der Waals surface area contributed by atoms with Crippen LogP contribution in [0.2, 0.25) is 0 Å². The predicted molar refractivity (Wildman–Crippen MR) is 73.9 cm³/mol. The molecule has 2 heterocycles. The SMILES string of the molecule is C/C(=C/C(=O)N1CCCCC1)OP1(=O)OCC(C)CO1. The molecule has 2 aliphatic heterocycles. The van der Waals surface area contributed by atoms with Crippen molar-refractivity contribution in [2.75, 3.05) is 26.3 Å². The van der Waals surface area contributed by atoms with Crippen LogP contribution in [0.5, 0.6) is 0 Å². The maximum absolute atomic E-state index is 12.1. The Morgan fingerprint density at radius 3 is 2.45 bits per heavy atom. The van der Waals surface area contributed by atoms with Crippen LogP contribution in [0, 0.1) is 5.92 Å². The number of hydrogen-bond donors (Lipinski definition) is 0. The van der Waals surface area contributed by atoms with Gasteiger partial charge >= 0.3 is 7.82 Å². The summed E-state index contributed by atoms with van der Waals surface area (Å²) in [6.45, 7) is 5.74. The Kier molecular flexibility index (Phi) is 5.24. The highest BCUT2D eigenvalue weighted by Crippen LogP contribution is 2.54. The zero-order valence-corrected chi connectivity index (χ0v) is 12.9. The molecule has 0 bridgehead atoms. The molecular weight excluding hydrogens is 281 g/mol. The third kappa shape index (κ3) is 4.33. The van der Waals surface area contributed by atoms with E-state index < -0.39 is 7.82 Å². The summed E-state index contributed by atoms with van der Waals surface area (Å²) in [5.74, 6) is 0.345. The molecule has 0 radical (unpaired) electrons. The van der Waals surface area contributed by atoms with Crippen molar-refractivity contribution >= 4 is 13.7 Å². The molecule has 20 heavy (non-hydrogen) atoms. The second-order valence-electron chi connectivity index (χ2n) is 5.38. The van der Waals surface area contributed by atoms with Gasteiger partial charge in [-0.05, 0) is 26.2 Å². The first kappa shape index (κ1) is 15.5. The van der Waals surface area contributed by atoms with Gasteiger partial charge in [0.2, 0.25) is 5.91 Å². The lowest BCUT2D eigenvalue weighted by atomic mass is 10.1. The summed E-state index contributed by atoms with van der Waals surface area (Å²) in [7, 11) is -3.54. The molecule has 0 N–H and O–H groups in total. The largest absolute Gasteiger partial charge is 0.529 e. The van der Waals surface area contributed by atoms with Crippen LogP contribution >= 0.6 is 7.82 Å². The van der Waals surface area contributed by atoms with Gasteiger partial charge in [0.25, 0.3) is 0 Å². The van der Waals surface area contributed by atoms with Gasteiger partial charge in [-0.1, -0.05) is 6.92 Å². The van der Waals surface area contributed by atoms with Crippen molar-refractivity contribution in [3.63, 3.8) is 0 Å². The smallest absolute Gasteiger partial charge is 0.409 e. The fourth-order valence-corrected chi connectivity index (χ4v) is 3.62. The number of likely N-dealkylation sites (tertiary alicyclic amines) is 1. The number of phosphoric ester groups is 1. The summed E-state index contributed by atoms with van der Waals surface area (Å²) in [5, 5.41) is 0. The molecule has 0 unspecified atom stereocenters. The number of nitrogens with zero attached hydrogens (tertiary/aromatic N) is 1. The maximum atomic E-state index is 12.1. The quantitative estimate of drug-likeness (QED) is 0.455. The van der Waals surface area contributed by atoms with Crippen molar-refractivity contribution in [1.29, 1.82) is 0 Å². The van der Waals surface area contributed by atoms with E-state index in [0.717, 1.165) is 32.4 Å². The Morgan fingerprint density at radius 1 is 1.25 bits per heavy atom. The first-order valence-corrected chi connectivity index (χ1v) is 8.50. The number of hydrogen-bond acceptors (Lipinski definition) is 5. The Morgan fingerprint density at radius 2 is 1.85 bits per heavy atom. The zero-order chi connectivity index (χ0) is 14.6. The second kappa shape index (κ2) is 6.74. The highest BCUT2D eigenvalue weighted by atomic mass is 31.2. The van der Waals surface area contributed by atoms with Crippen molar-refractivity contribution in [3.05, 3.63) is 11.8 Å². The van der Waals surface area contributed by atoms with E-state index in [1.54, 1.807) is 11.8 Å². The topological polar surface area (TPSA) is 65.1 Å². The number of allylic oxidation sites excluding steroid dienone is 1. The van der Waals surface area contributed by atoms with E-state index in [0.29, 0.717) is 13.2 Å². The minimum atomic E-state index is -3.54. The highest BCUT2D eigenvalue weighted by molar-refractivity contribution is 7.48. The number of carbonyl (C=O) groups is 1. The second-order valence-corrected chi connectivity index (χ2v) is 6.97. The third-order valence-corrected chi connectivity index (χ3v) is 4.73. The molecule has 0 spiro atoms. The summed E-state index contributed by atoms with van der Waals surface area (Å²) in [5.41, 5.74) is 0. The molecule has 0 aliphatic carbocycles. The normalized spacial score (nSPS) is 32.0. The van der Waals surface area contributed by atoms with Crippen molar-refractivity contribution in [1.82, 2.24) is 4.90 Å². The molecule has 1 amide bonds. The molecule has 114 valence electrons. The Labute approximate surface area is 119 Å². The van der Waals surface area contributed by atoms with Gasteiger partial charge in [0.15, 0.2) is 0 Å². The van der Waals surface area contributed by atoms with E-state index in [1.807, 2.05) is 6.92 Å². The molecule has 0 aromatic carbocycles. The van der Waals surface area contributed by atoms with Crippen LogP contribution in [0.1, 0.15) is 33.1 Å². The third-order valence-electron chi connectivity index (χ3n) is 3.28. The van der Waals surface area contributed by atoms with Crippen molar-refractivity contribution in [3.8, 4) is 0 Å². The number of rotatable bonds is 3. The molecule has 0 saturated carbocycles. The van der Waals surface area contributed by atoms with Crippen LogP contribution in [0.4, 0.5) is 0 Å². The van der Waals surface area contributed by atoms with Crippen LogP contribution in [0.15, 0.2) is 11.8 Å². The standard InChI is InChI=1S/C13H22NO5P/c1-11-9-17-20(16,18-10-11)19-12(2)8-13(15)14-6-4-3-5-7-14/h8,11H,3-7,9-10H2,1-2H3/b12-8-. The molecule has 2 rings (SSSR count). The molecule has 0 aromatic rings. The highest BCUT2D eigenvalue weighted by Gasteiger charge is 2.34. The summed E-state index contributed by atoms with van der Waals surface area (Å²) in [6.07, 6.45) is 4.58. The van der Waals surface area contributed by atoms with E-state index in [4.69, 9.17) is 13.6 Å². The first-order valence-electron chi connectivity index (χ1n) is 7.04. The molecule has 7 heteroatoms. The van der Waals surface area contributed by atoms with E-state index in [1.165, 1.54) is 6.08 Å². The number of amides is 1. The van der Waals surface area contributed by atoms with E-state index in [9.17, 15) is 9.36 Å². The Bertz CT molecular complexity index is 418. The predicted octanol–water partition coefficient (Wildman–Crippen LogP) is 2.71. The van der Waals surface area contributed by atoms with Gasteiger partial charge in [-0.3, -0.25) is 13.8 Å². The molecule has 6 nitrogen and oxygen atoms in total. The Balaban J connectivity index is 1.89. The van der Waals surface area contributed by atoms with Gasteiger partial charge in [-0.25, -0.2) is 4.57 Å². The lowest BCUT2D eigenvalue weighted by molar-refractivity contribution is -0.127. The Hall–Kier alpha value is -0.840. The minimum Gasteiger partial charge on any atom is -0.409 e. The fraction of sp³-hybridized carbons (Fsp3) is 0.769. The van der Waals surface area contributed by atoms with Gasteiger partial charge in [0.05, 0.1) is 13.2 Å². The molecule has 2 saturated heterocycles. The van der Waals surface area contributed by atoms with Crippen LogP contribution in [0.3, 0.4) is 0 Å². The van der Waals surface area contributed by atoms with Gasteiger partial charge in [-0.15, -0.1) is 0 Å². The summed E-state index contributed by atoms with van der Waals surface area (Å²) < 4.78 is 27.6. The molecule has 2 aliphatic rings. The van der Waals surface area contributed by atoms with Crippen LogP contribution in [-0.4, -0.2) is 37.1 Å². The molecular formula is C13H22NO5P. The van der Waals surface area contributed by atoms with E-state index in [2.05, 4.69) is 0 Å². The van der Waals surface area contributed by atoms with E-state index >= 15 is 0 Å². The average Bonchev–Trinajstić information content (AvgIpc) is 2.43. The number of piperidine rings is 1. The number of carbonyl (C=O) groups excluding carboxylic acids is 1. The zero-order valence-electron chi connectivity index (χ0n) is 12.0. The summed E-state index contributed by atoms with van der Waals surface area (Å²) >= 11 is 0. The van der Waals surface area contributed by atoms with Gasteiger partial charge < -0.3 is 9.42 Å². The average molecular weight is 303 g/mol.